The SMILES string of the molecule is CI.Cc1sc2c(c1C)C(c1ccc(Cl)cc1)=N[C@@H](CC(=O)O)c1nnc(C)n1-2.Cc1sc2c(c1C)C(c1ccc(Cl)cc1)=N[C@@H](CC(=O)OCC(C)C)c1nnc(C)n1-2. The molecule has 0 saturated heterocycles. The fraction of sp³-hybridized carbons (Fsp3) is 0.349. The van der Waals surface area contributed by atoms with Gasteiger partial charge >= 0.3 is 11.9 Å². The second-order valence-electron chi connectivity index (χ2n) is 14.7. The van der Waals surface area contributed by atoms with Crippen molar-refractivity contribution in [2.75, 3.05) is 11.5 Å². The highest BCUT2D eigenvalue weighted by atomic mass is 127. The number of rotatable bonds is 8. The molecule has 8 rings (SSSR count). The summed E-state index contributed by atoms with van der Waals surface area (Å²) in [6.07, 6.45) is -0.0445. The van der Waals surface area contributed by atoms with Crippen LogP contribution in [0.3, 0.4) is 0 Å². The number of aliphatic carboxylic acids is 1. The predicted molar refractivity (Wildman–Crippen MR) is 249 cm³/mol. The molecule has 60 heavy (non-hydrogen) atoms. The third-order valence-corrected chi connectivity index (χ3v) is 12.9. The number of hydrogen-bond acceptors (Lipinski definition) is 11. The number of aryl methyl sites for hydroxylation is 4. The Labute approximate surface area is 380 Å². The Hall–Kier alpha value is -4.29. The van der Waals surface area contributed by atoms with Gasteiger partial charge in [0.25, 0.3) is 0 Å². The maximum Gasteiger partial charge on any atom is 0.308 e. The van der Waals surface area contributed by atoms with E-state index in [1.807, 2.05) is 90.3 Å². The van der Waals surface area contributed by atoms with Crippen molar-refractivity contribution in [3.05, 3.63) is 125 Å². The molecule has 0 unspecified atom stereocenters. The first-order valence-electron chi connectivity index (χ1n) is 19.1. The Kier molecular flexibility index (Phi) is 14.5. The summed E-state index contributed by atoms with van der Waals surface area (Å²) in [7, 11) is 0. The van der Waals surface area contributed by atoms with Crippen molar-refractivity contribution >= 4 is 91.8 Å². The van der Waals surface area contributed by atoms with Gasteiger partial charge in [0.05, 0.1) is 30.9 Å². The number of fused-ring (bicyclic) bond motifs is 6. The summed E-state index contributed by atoms with van der Waals surface area (Å²) >= 11 is 17.7. The second-order valence-corrected chi connectivity index (χ2v) is 18.0. The first-order valence-corrected chi connectivity index (χ1v) is 23.6. The molecule has 6 heterocycles. The molecule has 2 aromatic carbocycles. The van der Waals surface area contributed by atoms with Gasteiger partial charge in [0.1, 0.15) is 33.7 Å². The largest absolute Gasteiger partial charge is 0.481 e. The summed E-state index contributed by atoms with van der Waals surface area (Å²) in [5.74, 6) is 1.76. The molecule has 0 aliphatic carbocycles. The number of carboxylic acids is 1. The number of alkyl halides is 1. The van der Waals surface area contributed by atoms with E-state index in [2.05, 4.69) is 70.7 Å². The number of carbonyl (C=O) groups excluding carboxylic acids is 1. The average Bonchev–Trinajstić information content (AvgIpc) is 3.90. The molecule has 17 heteroatoms. The van der Waals surface area contributed by atoms with Gasteiger partial charge in [0.2, 0.25) is 0 Å². The van der Waals surface area contributed by atoms with E-state index in [0.29, 0.717) is 28.3 Å². The fourth-order valence-electron chi connectivity index (χ4n) is 6.91. The molecule has 2 aliphatic heterocycles. The Morgan fingerprint density at radius 2 is 1.10 bits per heavy atom. The Morgan fingerprint density at radius 1 is 0.700 bits per heavy atom. The number of benzene rings is 2. The standard InChI is InChI=1S/C23H25ClN4O2S.C19H17ClN4O2S.CH3I/c1-12(2)11-30-19(29)10-18-22-27-26-15(5)28(22)23-20(13(3)14(4)31-23)21(25-18)16-6-8-17(24)9-7-16;1-9-10(2)27-19-16(9)17(12-4-6-13(20)7-5-12)21-14(8-15(25)26)18-23-22-11(3)24(18)19;1-2/h6-9,12,18H,10-11H2,1-5H3;4-7,14H,8H2,1-3H3,(H,25,26);1H3/t18-;14-;/m00./s1. The van der Waals surface area contributed by atoms with Gasteiger partial charge in [-0.05, 0) is 87.8 Å². The zero-order chi connectivity index (χ0) is 43.6. The lowest BCUT2D eigenvalue weighted by atomic mass is 9.99. The van der Waals surface area contributed by atoms with Gasteiger partial charge in [-0.15, -0.1) is 43.1 Å². The molecule has 4 aromatic heterocycles. The first kappa shape index (κ1) is 45.2. The molecule has 314 valence electrons. The second kappa shape index (κ2) is 19.2. The number of hydrogen-bond donors (Lipinski definition) is 1. The van der Waals surface area contributed by atoms with Crippen LogP contribution in [0.4, 0.5) is 0 Å². The van der Waals surface area contributed by atoms with Crippen molar-refractivity contribution in [2.24, 2.45) is 15.9 Å². The van der Waals surface area contributed by atoms with Gasteiger partial charge in [0, 0.05) is 42.1 Å². The lowest BCUT2D eigenvalue weighted by Crippen LogP contribution is -2.15. The Bertz CT molecular complexity index is 2610. The van der Waals surface area contributed by atoms with Crippen molar-refractivity contribution in [2.45, 2.75) is 80.3 Å². The van der Waals surface area contributed by atoms with Crippen LogP contribution in [0.5, 0.6) is 0 Å². The van der Waals surface area contributed by atoms with Crippen LogP contribution in [-0.4, -0.2) is 69.5 Å². The van der Waals surface area contributed by atoms with Crippen molar-refractivity contribution < 1.29 is 19.4 Å². The Balaban J connectivity index is 0.000000195. The molecule has 2 atom stereocenters. The van der Waals surface area contributed by atoms with Crippen molar-refractivity contribution in [3.8, 4) is 10.0 Å². The van der Waals surface area contributed by atoms with E-state index in [4.69, 9.17) is 37.9 Å². The van der Waals surface area contributed by atoms with Crippen LogP contribution in [-0.2, 0) is 14.3 Å². The number of carboxylic acid groups (broad SMARTS) is 1. The first-order chi connectivity index (χ1) is 28.6. The van der Waals surface area contributed by atoms with E-state index in [9.17, 15) is 14.7 Å². The van der Waals surface area contributed by atoms with Crippen LogP contribution >= 0.6 is 68.5 Å². The van der Waals surface area contributed by atoms with Gasteiger partial charge in [-0.3, -0.25) is 28.7 Å². The van der Waals surface area contributed by atoms with Crippen molar-refractivity contribution in [3.63, 3.8) is 0 Å². The number of nitrogens with zero attached hydrogens (tertiary/aromatic N) is 8. The highest BCUT2D eigenvalue weighted by Gasteiger charge is 2.34. The normalized spacial score (nSPS) is 15.1. The number of carbonyl (C=O) groups is 2. The lowest BCUT2D eigenvalue weighted by Gasteiger charge is -2.13. The number of thiophene rings is 2. The van der Waals surface area contributed by atoms with Gasteiger partial charge < -0.3 is 9.84 Å². The van der Waals surface area contributed by atoms with E-state index in [1.54, 1.807) is 22.7 Å². The summed E-state index contributed by atoms with van der Waals surface area (Å²) < 4.78 is 9.43. The molecule has 12 nitrogen and oxygen atoms in total. The molecule has 1 N–H and O–H groups in total. The summed E-state index contributed by atoms with van der Waals surface area (Å²) in [6.45, 7) is 16.5. The molecular weight excluding hydrogens is 954 g/mol. The number of aliphatic imine (C=N–C) groups is 2. The molecule has 2 aliphatic rings. The van der Waals surface area contributed by atoms with Crippen molar-refractivity contribution in [1.82, 2.24) is 29.5 Å². The summed E-state index contributed by atoms with van der Waals surface area (Å²) in [4.78, 5) is 38.4. The van der Waals surface area contributed by atoms with Crippen LogP contribution in [0.1, 0.15) is 105 Å². The zero-order valence-corrected chi connectivity index (χ0v) is 40.0. The van der Waals surface area contributed by atoms with Gasteiger partial charge in [-0.25, -0.2) is 0 Å². The zero-order valence-electron chi connectivity index (χ0n) is 34.7. The number of esters is 1. The summed E-state index contributed by atoms with van der Waals surface area (Å²) in [6, 6.07) is 14.0. The number of aromatic nitrogens is 6. The fourth-order valence-corrected chi connectivity index (χ4v) is 9.59. The van der Waals surface area contributed by atoms with Crippen LogP contribution in [0.15, 0.2) is 58.5 Å². The number of halogens is 3. The van der Waals surface area contributed by atoms with Gasteiger partial charge in [-0.1, -0.05) is 83.9 Å². The molecule has 0 bridgehead atoms. The molecule has 0 spiro atoms. The average molecular weight is 1000 g/mol. The highest BCUT2D eigenvalue weighted by Crippen LogP contribution is 2.41. The summed E-state index contributed by atoms with van der Waals surface area (Å²) in [5, 5.41) is 29.9. The van der Waals surface area contributed by atoms with Crippen LogP contribution in [0, 0.1) is 47.5 Å². The smallest absolute Gasteiger partial charge is 0.308 e. The van der Waals surface area contributed by atoms with Crippen LogP contribution in [0.25, 0.3) is 10.0 Å². The van der Waals surface area contributed by atoms with Gasteiger partial charge in [0.15, 0.2) is 11.6 Å². The molecule has 6 aromatic rings. The van der Waals surface area contributed by atoms with Gasteiger partial charge in [-0.2, -0.15) is 0 Å². The van der Waals surface area contributed by atoms with E-state index >= 15 is 0 Å². The van der Waals surface area contributed by atoms with E-state index < -0.39 is 18.1 Å². The minimum absolute atomic E-state index is 0.106. The Morgan fingerprint density at radius 3 is 1.48 bits per heavy atom. The third kappa shape index (κ3) is 9.29. The monoisotopic (exact) mass is 998 g/mol. The quantitative estimate of drug-likeness (QED) is 0.0900. The van der Waals surface area contributed by atoms with Crippen LogP contribution in [0.2, 0.25) is 10.0 Å². The number of ether oxygens (including phenoxy) is 1. The van der Waals surface area contributed by atoms with Crippen LogP contribution < -0.4 is 0 Å². The molecule has 0 saturated carbocycles. The molecule has 0 amide bonds. The van der Waals surface area contributed by atoms with E-state index in [0.717, 1.165) is 66.5 Å². The predicted octanol–water partition coefficient (Wildman–Crippen LogP) is 10.7. The lowest BCUT2D eigenvalue weighted by molar-refractivity contribution is -0.145. The van der Waals surface area contributed by atoms with Crippen molar-refractivity contribution in [1.29, 1.82) is 0 Å². The maximum atomic E-state index is 12.6. The maximum absolute atomic E-state index is 12.6. The molecule has 0 radical (unpaired) electrons. The molecule has 0 fully saturated rings. The van der Waals surface area contributed by atoms with E-state index in [-0.39, 0.29) is 24.7 Å². The topological polar surface area (TPSA) is 150 Å². The summed E-state index contributed by atoms with van der Waals surface area (Å²) in [5.41, 5.74) is 7.77. The minimum atomic E-state index is -0.926. The third-order valence-electron chi connectivity index (χ3n) is 10.0. The van der Waals surface area contributed by atoms with E-state index in [1.165, 1.54) is 9.75 Å². The molecular formula is C43H45Cl2IN8O4S2. The highest BCUT2D eigenvalue weighted by molar-refractivity contribution is 14.1. The minimum Gasteiger partial charge on any atom is -0.481 e.